The number of carbonyl (C=O) groups is 1. The molecule has 0 amide bonds. The van der Waals surface area contributed by atoms with Crippen LogP contribution in [0.2, 0.25) is 0 Å². The van der Waals surface area contributed by atoms with Crippen molar-refractivity contribution < 1.29 is 14.3 Å². The van der Waals surface area contributed by atoms with Crippen LogP contribution in [0.25, 0.3) is 0 Å². The standard InChI is InChI=1S/C12H19ClO3/c1-3-9-5-4-7-11(8-6-9)12(13,16-11)10(14)15-2/h9H,3-8H2,1-2H3. The largest absolute Gasteiger partial charge is 0.466 e. The maximum Gasteiger partial charge on any atom is 0.357 e. The second-order valence-corrected chi connectivity index (χ2v) is 5.42. The van der Waals surface area contributed by atoms with E-state index in [1.54, 1.807) is 0 Å². The molecule has 1 saturated heterocycles. The molecule has 0 N–H and O–H groups in total. The summed E-state index contributed by atoms with van der Waals surface area (Å²) in [6.07, 6.45) is 6.36. The molecule has 0 bridgehead atoms. The van der Waals surface area contributed by atoms with Crippen LogP contribution in [0.15, 0.2) is 0 Å². The summed E-state index contributed by atoms with van der Waals surface area (Å²) in [5.74, 6) is 0.311. The zero-order valence-corrected chi connectivity index (χ0v) is 10.7. The van der Waals surface area contributed by atoms with E-state index >= 15 is 0 Å². The van der Waals surface area contributed by atoms with Gasteiger partial charge >= 0.3 is 5.97 Å². The number of alkyl halides is 1. The van der Waals surface area contributed by atoms with Gasteiger partial charge in [-0.2, -0.15) is 0 Å². The maximum atomic E-state index is 11.6. The Morgan fingerprint density at radius 3 is 2.88 bits per heavy atom. The summed E-state index contributed by atoms with van der Waals surface area (Å²) in [4.78, 5) is 11.6. The van der Waals surface area contributed by atoms with E-state index in [0.29, 0.717) is 0 Å². The zero-order valence-electron chi connectivity index (χ0n) is 9.92. The number of epoxide rings is 1. The Hall–Kier alpha value is -0.280. The third-order valence-corrected chi connectivity index (χ3v) is 4.63. The molecule has 0 aromatic rings. The number of hydrogen-bond donors (Lipinski definition) is 0. The summed E-state index contributed by atoms with van der Waals surface area (Å²) in [5, 5.41) is -1.19. The number of rotatable bonds is 2. The predicted octanol–water partition coefficient (Wildman–Crippen LogP) is 2.85. The van der Waals surface area contributed by atoms with Crippen molar-refractivity contribution in [1.82, 2.24) is 0 Å². The zero-order chi connectivity index (χ0) is 11.8. The smallest absolute Gasteiger partial charge is 0.357 e. The first-order valence-electron chi connectivity index (χ1n) is 6.05. The van der Waals surface area contributed by atoms with Gasteiger partial charge in [0, 0.05) is 0 Å². The van der Waals surface area contributed by atoms with Gasteiger partial charge < -0.3 is 9.47 Å². The maximum absolute atomic E-state index is 11.6. The number of hydrogen-bond acceptors (Lipinski definition) is 3. The Balaban J connectivity index is 2.04. The first kappa shape index (κ1) is 12.2. The van der Waals surface area contributed by atoms with Crippen molar-refractivity contribution in [3.63, 3.8) is 0 Å². The van der Waals surface area contributed by atoms with Crippen molar-refractivity contribution in [2.24, 2.45) is 5.92 Å². The monoisotopic (exact) mass is 246 g/mol. The van der Waals surface area contributed by atoms with Gasteiger partial charge in [0.2, 0.25) is 0 Å². The van der Waals surface area contributed by atoms with Crippen LogP contribution in [0.3, 0.4) is 0 Å². The number of ether oxygens (including phenoxy) is 2. The number of halogens is 1. The normalized spacial score (nSPS) is 42.8. The lowest BCUT2D eigenvalue weighted by atomic mass is 9.94. The summed E-state index contributed by atoms with van der Waals surface area (Å²) in [6.45, 7) is 2.21. The molecular formula is C12H19ClO3. The molecule has 92 valence electrons. The minimum absolute atomic E-state index is 0.439. The molecule has 2 aliphatic rings. The van der Waals surface area contributed by atoms with Crippen molar-refractivity contribution in [1.29, 1.82) is 0 Å². The Labute approximate surface area is 101 Å². The third-order valence-electron chi connectivity index (χ3n) is 4.06. The van der Waals surface area contributed by atoms with Gasteiger partial charge in [-0.1, -0.05) is 37.8 Å². The minimum Gasteiger partial charge on any atom is -0.466 e. The average Bonchev–Trinajstić information content (AvgIpc) is 2.95. The summed E-state index contributed by atoms with van der Waals surface area (Å²) >= 11 is 6.20. The lowest BCUT2D eigenvalue weighted by Gasteiger charge is -2.12. The quantitative estimate of drug-likeness (QED) is 0.427. The summed E-state index contributed by atoms with van der Waals surface area (Å²) < 4.78 is 10.3. The highest BCUT2D eigenvalue weighted by atomic mass is 35.5. The van der Waals surface area contributed by atoms with E-state index in [-0.39, 0.29) is 0 Å². The lowest BCUT2D eigenvalue weighted by molar-refractivity contribution is -0.143. The van der Waals surface area contributed by atoms with E-state index in [9.17, 15) is 4.79 Å². The predicted molar refractivity (Wildman–Crippen MR) is 61.3 cm³/mol. The number of carbonyl (C=O) groups excluding carboxylic acids is 1. The fraction of sp³-hybridized carbons (Fsp3) is 0.917. The highest BCUT2D eigenvalue weighted by molar-refractivity contribution is 6.35. The van der Waals surface area contributed by atoms with Crippen molar-refractivity contribution in [2.45, 2.75) is 56.1 Å². The molecule has 3 unspecified atom stereocenters. The fourth-order valence-corrected chi connectivity index (χ4v) is 3.23. The van der Waals surface area contributed by atoms with E-state index in [4.69, 9.17) is 21.1 Å². The molecule has 1 aliphatic heterocycles. The molecule has 1 aliphatic carbocycles. The van der Waals surface area contributed by atoms with Gasteiger partial charge in [0.1, 0.15) is 5.60 Å². The molecule has 4 heteroatoms. The van der Waals surface area contributed by atoms with Crippen LogP contribution in [-0.4, -0.2) is 23.7 Å². The van der Waals surface area contributed by atoms with E-state index in [2.05, 4.69) is 6.92 Å². The highest BCUT2D eigenvalue weighted by Crippen LogP contribution is 2.59. The van der Waals surface area contributed by atoms with E-state index in [0.717, 1.165) is 31.6 Å². The summed E-state index contributed by atoms with van der Waals surface area (Å²) in [6, 6.07) is 0. The van der Waals surface area contributed by atoms with Crippen molar-refractivity contribution in [3.05, 3.63) is 0 Å². The van der Waals surface area contributed by atoms with Gasteiger partial charge in [-0.05, 0) is 25.2 Å². The van der Waals surface area contributed by atoms with Gasteiger partial charge in [0.25, 0.3) is 5.06 Å². The molecule has 2 rings (SSSR count). The topological polar surface area (TPSA) is 38.8 Å². The van der Waals surface area contributed by atoms with Crippen LogP contribution >= 0.6 is 11.6 Å². The van der Waals surface area contributed by atoms with Crippen LogP contribution in [0, 0.1) is 5.92 Å². The molecule has 0 aromatic heterocycles. The SMILES string of the molecule is CCC1CCCC2(CC1)OC2(Cl)C(=O)OC. The Morgan fingerprint density at radius 1 is 1.50 bits per heavy atom. The molecule has 3 atom stereocenters. The van der Waals surface area contributed by atoms with Crippen molar-refractivity contribution in [2.75, 3.05) is 7.11 Å². The van der Waals surface area contributed by atoms with Gasteiger partial charge in [-0.25, -0.2) is 4.79 Å². The molecule has 1 heterocycles. The molecule has 2 fully saturated rings. The molecule has 0 aromatic carbocycles. The molecule has 3 nitrogen and oxygen atoms in total. The first-order valence-corrected chi connectivity index (χ1v) is 6.43. The molecular weight excluding hydrogens is 228 g/mol. The van der Waals surface area contributed by atoms with Crippen molar-refractivity contribution >= 4 is 17.6 Å². The second-order valence-electron chi connectivity index (χ2n) is 4.89. The third kappa shape index (κ3) is 1.74. The molecule has 1 spiro atoms. The molecule has 1 saturated carbocycles. The van der Waals surface area contributed by atoms with Crippen LogP contribution in [-0.2, 0) is 14.3 Å². The van der Waals surface area contributed by atoms with Crippen LogP contribution < -0.4 is 0 Å². The fourth-order valence-electron chi connectivity index (χ4n) is 2.82. The Bertz CT molecular complexity index is 294. The number of methoxy groups -OCH3 is 1. The molecule has 16 heavy (non-hydrogen) atoms. The number of esters is 1. The van der Waals surface area contributed by atoms with Gasteiger partial charge in [0.15, 0.2) is 0 Å². The lowest BCUT2D eigenvalue weighted by Crippen LogP contribution is -2.30. The highest BCUT2D eigenvalue weighted by Gasteiger charge is 2.74. The van der Waals surface area contributed by atoms with Crippen molar-refractivity contribution in [3.8, 4) is 0 Å². The molecule has 0 radical (unpaired) electrons. The van der Waals surface area contributed by atoms with E-state index in [1.165, 1.54) is 20.0 Å². The average molecular weight is 247 g/mol. The van der Waals surface area contributed by atoms with E-state index < -0.39 is 16.6 Å². The Kier molecular flexibility index (Phi) is 3.19. The van der Waals surface area contributed by atoms with Crippen LogP contribution in [0.4, 0.5) is 0 Å². The van der Waals surface area contributed by atoms with Crippen LogP contribution in [0.5, 0.6) is 0 Å². The van der Waals surface area contributed by atoms with Gasteiger partial charge in [-0.3, -0.25) is 0 Å². The van der Waals surface area contributed by atoms with E-state index in [1.807, 2.05) is 0 Å². The minimum atomic E-state index is -1.19. The first-order chi connectivity index (χ1) is 7.58. The Morgan fingerprint density at radius 2 is 2.25 bits per heavy atom. The van der Waals surface area contributed by atoms with Gasteiger partial charge in [-0.15, -0.1) is 0 Å². The summed E-state index contributed by atoms with van der Waals surface area (Å²) in [7, 11) is 1.35. The second kappa shape index (κ2) is 4.19. The van der Waals surface area contributed by atoms with Gasteiger partial charge in [0.05, 0.1) is 7.11 Å². The summed E-state index contributed by atoms with van der Waals surface area (Å²) in [5.41, 5.74) is -0.439. The van der Waals surface area contributed by atoms with Crippen LogP contribution in [0.1, 0.15) is 45.4 Å².